The smallest absolute Gasteiger partial charge is 0.177 e. The fourth-order valence-corrected chi connectivity index (χ4v) is 2.92. The molecular formula is C18H24N6. The van der Waals surface area contributed by atoms with Gasteiger partial charge in [-0.2, -0.15) is 0 Å². The molecule has 0 atom stereocenters. The lowest BCUT2D eigenvalue weighted by atomic mass is 10.2. The topological polar surface area (TPSA) is 72.9 Å². The number of aryl methyl sites for hydroxylation is 2. The van der Waals surface area contributed by atoms with E-state index in [0.717, 1.165) is 48.5 Å². The molecule has 24 heavy (non-hydrogen) atoms. The maximum Gasteiger partial charge on any atom is 0.177 e. The van der Waals surface area contributed by atoms with Crippen molar-refractivity contribution in [1.82, 2.24) is 19.7 Å². The first-order valence-electron chi connectivity index (χ1n) is 8.34. The fraction of sp³-hybridized carbons (Fsp3) is 0.389. The highest BCUT2D eigenvalue weighted by molar-refractivity contribution is 5.93. The zero-order valence-electron chi connectivity index (χ0n) is 14.5. The van der Waals surface area contributed by atoms with Gasteiger partial charge >= 0.3 is 0 Å². The van der Waals surface area contributed by atoms with E-state index in [4.69, 9.17) is 10.7 Å². The molecule has 0 saturated carbocycles. The van der Waals surface area contributed by atoms with Crippen molar-refractivity contribution in [3.63, 3.8) is 0 Å². The molecular weight excluding hydrogens is 300 g/mol. The van der Waals surface area contributed by atoms with Crippen LogP contribution in [0.5, 0.6) is 0 Å². The Balaban J connectivity index is 2.01. The second-order valence-corrected chi connectivity index (χ2v) is 6.14. The van der Waals surface area contributed by atoms with Gasteiger partial charge in [0.25, 0.3) is 0 Å². The lowest BCUT2D eigenvalue weighted by Gasteiger charge is -2.19. The Hall–Kier alpha value is -2.63. The van der Waals surface area contributed by atoms with E-state index in [9.17, 15) is 0 Å². The van der Waals surface area contributed by atoms with E-state index in [0.29, 0.717) is 5.82 Å². The Morgan fingerprint density at radius 1 is 1.17 bits per heavy atom. The standard InChI is InChI=1S/C18H24N6/c1-4-5-11-14-20-15-16(24(14)3)18(22-21-17(15)19)23(2)12-13-9-7-6-8-10-13/h6-10H,4-5,11-12H2,1-3H3,(H2,19,21). The summed E-state index contributed by atoms with van der Waals surface area (Å²) in [4.78, 5) is 6.80. The van der Waals surface area contributed by atoms with Crippen molar-refractivity contribution in [2.45, 2.75) is 32.7 Å². The van der Waals surface area contributed by atoms with Gasteiger partial charge in [-0.15, -0.1) is 10.2 Å². The molecule has 0 spiro atoms. The molecule has 0 aliphatic rings. The van der Waals surface area contributed by atoms with Crippen LogP contribution in [0.25, 0.3) is 11.0 Å². The summed E-state index contributed by atoms with van der Waals surface area (Å²) in [5.74, 6) is 2.23. The third-order valence-corrected chi connectivity index (χ3v) is 4.27. The van der Waals surface area contributed by atoms with Gasteiger partial charge in [0, 0.05) is 27.1 Å². The average molecular weight is 324 g/mol. The normalized spacial score (nSPS) is 11.1. The quantitative estimate of drug-likeness (QED) is 0.755. The minimum atomic E-state index is 0.389. The van der Waals surface area contributed by atoms with Gasteiger partial charge in [-0.3, -0.25) is 0 Å². The van der Waals surface area contributed by atoms with Crippen LogP contribution >= 0.6 is 0 Å². The van der Waals surface area contributed by atoms with Crippen LogP contribution < -0.4 is 10.6 Å². The summed E-state index contributed by atoms with van der Waals surface area (Å²) in [5, 5.41) is 8.46. The molecule has 2 N–H and O–H groups in total. The lowest BCUT2D eigenvalue weighted by Crippen LogP contribution is -2.19. The van der Waals surface area contributed by atoms with Crippen LogP contribution in [0.2, 0.25) is 0 Å². The first-order valence-corrected chi connectivity index (χ1v) is 8.34. The van der Waals surface area contributed by atoms with E-state index in [1.165, 1.54) is 5.56 Å². The predicted molar refractivity (Wildman–Crippen MR) is 97.9 cm³/mol. The monoisotopic (exact) mass is 324 g/mol. The molecule has 3 aromatic rings. The van der Waals surface area contributed by atoms with Crippen LogP contribution in [0.1, 0.15) is 31.2 Å². The summed E-state index contributed by atoms with van der Waals surface area (Å²) in [6, 6.07) is 10.3. The van der Waals surface area contributed by atoms with Crippen LogP contribution in [-0.2, 0) is 20.0 Å². The molecule has 0 amide bonds. The van der Waals surface area contributed by atoms with Crippen LogP contribution in [0.3, 0.4) is 0 Å². The highest BCUT2D eigenvalue weighted by Crippen LogP contribution is 2.28. The minimum absolute atomic E-state index is 0.389. The van der Waals surface area contributed by atoms with Gasteiger partial charge in [-0.05, 0) is 12.0 Å². The first-order chi connectivity index (χ1) is 11.6. The Morgan fingerprint density at radius 3 is 2.62 bits per heavy atom. The highest BCUT2D eigenvalue weighted by atomic mass is 15.3. The number of anilines is 2. The maximum absolute atomic E-state index is 6.02. The van der Waals surface area contributed by atoms with Gasteiger partial charge in [0.05, 0.1) is 0 Å². The number of imidazole rings is 1. The molecule has 0 radical (unpaired) electrons. The van der Waals surface area contributed by atoms with Crippen molar-refractivity contribution in [2.24, 2.45) is 7.05 Å². The summed E-state index contributed by atoms with van der Waals surface area (Å²) in [5.41, 5.74) is 8.94. The van der Waals surface area contributed by atoms with E-state index >= 15 is 0 Å². The lowest BCUT2D eigenvalue weighted by molar-refractivity contribution is 0.719. The average Bonchev–Trinajstić information content (AvgIpc) is 2.92. The number of benzene rings is 1. The zero-order chi connectivity index (χ0) is 17.1. The van der Waals surface area contributed by atoms with Crippen molar-refractivity contribution in [2.75, 3.05) is 17.7 Å². The summed E-state index contributed by atoms with van der Waals surface area (Å²) < 4.78 is 2.10. The number of hydrogen-bond acceptors (Lipinski definition) is 5. The van der Waals surface area contributed by atoms with Gasteiger partial charge < -0.3 is 15.2 Å². The summed E-state index contributed by atoms with van der Waals surface area (Å²) in [7, 11) is 4.05. The second kappa shape index (κ2) is 6.86. The van der Waals surface area contributed by atoms with Gasteiger partial charge in [0.1, 0.15) is 16.9 Å². The molecule has 0 unspecified atom stereocenters. The minimum Gasteiger partial charge on any atom is -0.380 e. The maximum atomic E-state index is 6.02. The third kappa shape index (κ3) is 3.04. The number of nitrogen functional groups attached to an aromatic ring is 1. The number of nitrogens with two attached hydrogens (primary N) is 1. The molecule has 0 aliphatic heterocycles. The molecule has 3 rings (SSSR count). The Kier molecular flexibility index (Phi) is 4.64. The van der Waals surface area contributed by atoms with E-state index in [-0.39, 0.29) is 0 Å². The Labute approximate surface area is 142 Å². The van der Waals surface area contributed by atoms with Crippen molar-refractivity contribution >= 4 is 22.7 Å². The zero-order valence-corrected chi connectivity index (χ0v) is 14.5. The van der Waals surface area contributed by atoms with E-state index in [1.807, 2.05) is 32.3 Å². The highest BCUT2D eigenvalue weighted by Gasteiger charge is 2.18. The number of unbranched alkanes of at least 4 members (excludes halogenated alkanes) is 1. The molecule has 0 saturated heterocycles. The van der Waals surface area contributed by atoms with Gasteiger partial charge in [0.2, 0.25) is 0 Å². The SMILES string of the molecule is CCCCc1nc2c(N)nnc(N(C)Cc3ccccc3)c2n1C. The molecule has 1 aromatic carbocycles. The van der Waals surface area contributed by atoms with Gasteiger partial charge in [-0.1, -0.05) is 43.7 Å². The second-order valence-electron chi connectivity index (χ2n) is 6.14. The number of hydrogen-bond donors (Lipinski definition) is 1. The van der Waals surface area contributed by atoms with Crippen LogP contribution in [-0.4, -0.2) is 26.8 Å². The number of nitrogens with zero attached hydrogens (tertiary/aromatic N) is 5. The Morgan fingerprint density at radius 2 is 1.92 bits per heavy atom. The predicted octanol–water partition coefficient (Wildman–Crippen LogP) is 2.92. The first kappa shape index (κ1) is 16.2. The number of fused-ring (bicyclic) bond motifs is 1. The molecule has 6 nitrogen and oxygen atoms in total. The largest absolute Gasteiger partial charge is 0.380 e. The van der Waals surface area contributed by atoms with E-state index < -0.39 is 0 Å². The van der Waals surface area contributed by atoms with Crippen LogP contribution in [0, 0.1) is 0 Å². The van der Waals surface area contributed by atoms with Crippen molar-refractivity contribution < 1.29 is 0 Å². The van der Waals surface area contributed by atoms with Crippen LogP contribution in [0.15, 0.2) is 30.3 Å². The summed E-state index contributed by atoms with van der Waals surface area (Å²) in [6.45, 7) is 2.93. The molecule has 0 aliphatic carbocycles. The molecule has 2 aromatic heterocycles. The van der Waals surface area contributed by atoms with Crippen molar-refractivity contribution in [3.05, 3.63) is 41.7 Å². The molecule has 0 bridgehead atoms. The molecule has 6 heteroatoms. The van der Waals surface area contributed by atoms with Crippen molar-refractivity contribution in [3.8, 4) is 0 Å². The molecule has 126 valence electrons. The van der Waals surface area contributed by atoms with E-state index in [1.54, 1.807) is 0 Å². The summed E-state index contributed by atoms with van der Waals surface area (Å²) >= 11 is 0. The van der Waals surface area contributed by atoms with Gasteiger partial charge in [0.15, 0.2) is 11.6 Å². The number of rotatable bonds is 6. The molecule has 2 heterocycles. The molecule has 0 fully saturated rings. The fourth-order valence-electron chi connectivity index (χ4n) is 2.92. The summed E-state index contributed by atoms with van der Waals surface area (Å²) in [6.07, 6.45) is 3.17. The van der Waals surface area contributed by atoms with Crippen molar-refractivity contribution in [1.29, 1.82) is 0 Å². The van der Waals surface area contributed by atoms with E-state index in [2.05, 4.69) is 38.7 Å². The number of aromatic nitrogens is 4. The third-order valence-electron chi connectivity index (χ3n) is 4.27. The van der Waals surface area contributed by atoms with Gasteiger partial charge in [-0.25, -0.2) is 4.98 Å². The van der Waals surface area contributed by atoms with Crippen LogP contribution in [0.4, 0.5) is 11.6 Å². The Bertz CT molecular complexity index is 824.